The molecule has 0 bridgehead atoms. The van der Waals surface area contributed by atoms with Crippen molar-refractivity contribution >= 4 is 22.5 Å². The molecule has 0 heterocycles. The topological polar surface area (TPSA) is 14.1 Å². The SMILES string of the molecule is Cc1cc(C)c([N-]Cc2c(C3C=Cc4ccccc43)ccc3ccccc23)c(C)c1.[Cl-].[Cl-].[Ti+3]. The van der Waals surface area contributed by atoms with Gasteiger partial charge in [0.1, 0.15) is 0 Å². The number of allylic oxidation sites excluding steroid dienone is 1. The molecule has 0 amide bonds. The first-order valence-electron chi connectivity index (χ1n) is 10.6. The maximum atomic E-state index is 5.13. The van der Waals surface area contributed by atoms with E-state index in [-0.39, 0.29) is 52.4 Å². The number of hydrogen-bond acceptors (Lipinski definition) is 0. The molecular weight excluding hydrogens is 481 g/mol. The fraction of sp³-hybridized carbons (Fsp3) is 0.172. The molecule has 0 aliphatic heterocycles. The maximum absolute atomic E-state index is 5.13. The largest absolute Gasteiger partial charge is 3.00 e. The van der Waals surface area contributed by atoms with Gasteiger partial charge in [0.05, 0.1) is 0 Å². The Hall–Kier alpha value is -2.03. The molecule has 1 radical (unpaired) electrons. The van der Waals surface area contributed by atoms with Gasteiger partial charge in [-0.3, -0.25) is 0 Å². The first kappa shape index (κ1) is 27.2. The zero-order chi connectivity index (χ0) is 20.7. The Kier molecular flexibility index (Phi) is 9.41. The zero-order valence-electron chi connectivity index (χ0n) is 19.1. The first-order chi connectivity index (χ1) is 14.6. The van der Waals surface area contributed by atoms with Crippen LogP contribution in [0.4, 0.5) is 5.69 Å². The van der Waals surface area contributed by atoms with E-state index in [4.69, 9.17) is 5.32 Å². The van der Waals surface area contributed by atoms with E-state index in [1.807, 2.05) is 0 Å². The molecule has 1 aliphatic carbocycles. The molecule has 5 rings (SSSR count). The van der Waals surface area contributed by atoms with Crippen LogP contribution < -0.4 is 24.8 Å². The molecule has 33 heavy (non-hydrogen) atoms. The van der Waals surface area contributed by atoms with Crippen molar-refractivity contribution in [3.05, 3.63) is 123 Å². The predicted octanol–water partition coefficient (Wildman–Crippen LogP) is 2.13. The summed E-state index contributed by atoms with van der Waals surface area (Å²) < 4.78 is 0. The Labute approximate surface area is 224 Å². The summed E-state index contributed by atoms with van der Waals surface area (Å²) in [7, 11) is 0. The summed E-state index contributed by atoms with van der Waals surface area (Å²) in [5.41, 5.74) is 10.3. The first-order valence-corrected chi connectivity index (χ1v) is 10.6. The average molecular weight is 507 g/mol. The molecule has 0 saturated carbocycles. The van der Waals surface area contributed by atoms with E-state index in [9.17, 15) is 0 Å². The van der Waals surface area contributed by atoms with Crippen LogP contribution in [0.15, 0.2) is 78.9 Å². The Bertz CT molecular complexity index is 1270. The Balaban J connectivity index is 0.00000128. The second-order valence-electron chi connectivity index (χ2n) is 8.38. The number of benzene rings is 4. The van der Waals surface area contributed by atoms with Crippen LogP contribution in [-0.4, -0.2) is 0 Å². The number of nitrogens with zero attached hydrogens (tertiary/aromatic N) is 1. The van der Waals surface area contributed by atoms with Crippen LogP contribution in [0.5, 0.6) is 0 Å². The van der Waals surface area contributed by atoms with Gasteiger partial charge in [0.25, 0.3) is 0 Å². The quantitative estimate of drug-likeness (QED) is 0.376. The summed E-state index contributed by atoms with van der Waals surface area (Å²) >= 11 is 0. The number of halogens is 2. The molecule has 0 fully saturated rings. The van der Waals surface area contributed by atoms with E-state index in [1.165, 1.54) is 49.7 Å². The minimum atomic E-state index is 0. The minimum absolute atomic E-state index is 0. The molecule has 1 atom stereocenters. The van der Waals surface area contributed by atoms with Gasteiger partial charge < -0.3 is 30.1 Å². The van der Waals surface area contributed by atoms with Crippen molar-refractivity contribution in [1.82, 2.24) is 0 Å². The molecule has 1 nitrogen and oxygen atoms in total. The molecule has 0 spiro atoms. The van der Waals surface area contributed by atoms with Crippen LogP contribution in [0.1, 0.15) is 44.9 Å². The van der Waals surface area contributed by atoms with Gasteiger partial charge in [0.2, 0.25) is 0 Å². The van der Waals surface area contributed by atoms with Gasteiger partial charge in [-0.25, -0.2) is 0 Å². The molecule has 165 valence electrons. The second kappa shape index (κ2) is 11.4. The maximum Gasteiger partial charge on any atom is 3.00 e. The number of aryl methyl sites for hydroxylation is 3. The normalized spacial score (nSPS) is 13.5. The van der Waals surface area contributed by atoms with Crippen LogP contribution in [0.2, 0.25) is 0 Å². The van der Waals surface area contributed by atoms with Gasteiger partial charge in [0.15, 0.2) is 0 Å². The van der Waals surface area contributed by atoms with Crippen molar-refractivity contribution < 1.29 is 46.5 Å². The zero-order valence-corrected chi connectivity index (χ0v) is 22.1. The van der Waals surface area contributed by atoms with E-state index < -0.39 is 0 Å². The summed E-state index contributed by atoms with van der Waals surface area (Å²) in [5.74, 6) is 0.288. The molecule has 0 saturated heterocycles. The van der Waals surface area contributed by atoms with Crippen LogP contribution in [-0.2, 0) is 28.3 Å². The third-order valence-corrected chi connectivity index (χ3v) is 6.24. The van der Waals surface area contributed by atoms with Crippen molar-refractivity contribution in [2.75, 3.05) is 0 Å². The average Bonchev–Trinajstić information content (AvgIpc) is 3.17. The van der Waals surface area contributed by atoms with Gasteiger partial charge in [-0.2, -0.15) is 0 Å². The van der Waals surface area contributed by atoms with Gasteiger partial charge in [0, 0.05) is 5.92 Å². The number of hydrogen-bond donors (Lipinski definition) is 0. The predicted molar refractivity (Wildman–Crippen MR) is 129 cm³/mol. The fourth-order valence-corrected chi connectivity index (χ4v) is 4.92. The molecule has 4 aromatic rings. The van der Waals surface area contributed by atoms with Crippen LogP contribution in [0, 0.1) is 20.8 Å². The van der Waals surface area contributed by atoms with Crippen molar-refractivity contribution in [3.8, 4) is 0 Å². The van der Waals surface area contributed by atoms with Gasteiger partial charge >= 0.3 is 21.7 Å². The Morgan fingerprint density at radius 1 is 0.758 bits per heavy atom. The summed E-state index contributed by atoms with van der Waals surface area (Å²) in [4.78, 5) is 0. The number of rotatable bonds is 4. The molecule has 0 N–H and O–H groups in total. The minimum Gasteiger partial charge on any atom is -1.00 e. The van der Waals surface area contributed by atoms with E-state index in [2.05, 4.69) is 106 Å². The summed E-state index contributed by atoms with van der Waals surface area (Å²) in [6.45, 7) is 7.17. The van der Waals surface area contributed by atoms with Crippen molar-refractivity contribution in [3.63, 3.8) is 0 Å². The Morgan fingerprint density at radius 2 is 1.42 bits per heavy atom. The smallest absolute Gasteiger partial charge is 1.00 e. The molecular formula is C29H26Cl2NTi. The van der Waals surface area contributed by atoms with Crippen LogP contribution in [0.25, 0.3) is 22.2 Å². The molecule has 4 heteroatoms. The van der Waals surface area contributed by atoms with Gasteiger partial charge in [-0.1, -0.05) is 107 Å². The summed E-state index contributed by atoms with van der Waals surface area (Å²) in [5, 5.41) is 7.71. The standard InChI is InChI=1S/C29H26N.2ClH.Ti/c1-19-16-20(2)29(21(3)17-19)30-18-28-25-11-7-5-9-23(25)13-15-27(28)26-14-12-22-8-4-6-10-24(22)26;;;/h4-17,26H,18H2,1-3H3;2*1H;/q-1;;;+3/p-2. The van der Waals surface area contributed by atoms with Crippen molar-refractivity contribution in [1.29, 1.82) is 0 Å². The van der Waals surface area contributed by atoms with Crippen molar-refractivity contribution in [2.45, 2.75) is 33.2 Å². The third kappa shape index (κ3) is 5.23. The van der Waals surface area contributed by atoms with E-state index in [1.54, 1.807) is 0 Å². The van der Waals surface area contributed by atoms with Crippen molar-refractivity contribution in [2.24, 2.45) is 0 Å². The van der Waals surface area contributed by atoms with Gasteiger partial charge in [-0.15, -0.1) is 12.2 Å². The molecule has 4 aromatic carbocycles. The monoisotopic (exact) mass is 506 g/mol. The van der Waals surface area contributed by atoms with E-state index >= 15 is 0 Å². The van der Waals surface area contributed by atoms with Crippen LogP contribution in [0.3, 0.4) is 0 Å². The molecule has 0 aromatic heterocycles. The van der Waals surface area contributed by atoms with E-state index in [0.717, 1.165) is 5.69 Å². The summed E-state index contributed by atoms with van der Waals surface area (Å²) in [6, 6.07) is 26.4. The number of fused-ring (bicyclic) bond motifs is 2. The molecule has 1 aliphatic rings. The van der Waals surface area contributed by atoms with Gasteiger partial charge in [-0.05, 0) is 48.2 Å². The molecule has 1 unspecified atom stereocenters. The third-order valence-electron chi connectivity index (χ3n) is 6.24. The summed E-state index contributed by atoms with van der Waals surface area (Å²) in [6.07, 6.45) is 4.59. The fourth-order valence-electron chi connectivity index (χ4n) is 4.92. The Morgan fingerprint density at radius 3 is 2.18 bits per heavy atom. The second-order valence-corrected chi connectivity index (χ2v) is 8.38. The van der Waals surface area contributed by atoms with E-state index in [0.29, 0.717) is 6.54 Å². The van der Waals surface area contributed by atoms with Crippen LogP contribution >= 0.6 is 0 Å².